The van der Waals surface area contributed by atoms with Crippen molar-refractivity contribution in [3.8, 4) is 78.6 Å². The number of para-hydroxylation sites is 1. The molecular weight excluding hydrogens is 803 g/mol. The van der Waals surface area contributed by atoms with Gasteiger partial charge in [-0.25, -0.2) is 0 Å². The average Bonchev–Trinajstić information content (AvgIpc) is 3.81. The molecule has 3 aliphatic heterocycles. The summed E-state index contributed by atoms with van der Waals surface area (Å²) in [7, 11) is 0. The number of rotatable bonds is 8. The minimum Gasteiger partial charge on any atom is -0.392 e. The third kappa shape index (κ3) is 5.63. The molecule has 1 unspecified atom stereocenters. The third-order valence-corrected chi connectivity index (χ3v) is 14.4. The predicted molar refractivity (Wildman–Crippen MR) is 270 cm³/mol. The number of nitrogens with zero attached hydrogens (tertiary/aromatic N) is 3. The number of fused-ring (bicyclic) bond motifs is 5. The van der Waals surface area contributed by atoms with Gasteiger partial charge in [0.25, 0.3) is 0 Å². The first-order chi connectivity index (χ1) is 32.9. The number of aryl methyl sites for hydroxylation is 1. The van der Waals surface area contributed by atoms with Gasteiger partial charge >= 0.3 is 11.7 Å². The van der Waals surface area contributed by atoms with Crippen molar-refractivity contribution in [1.82, 2.24) is 4.57 Å². The summed E-state index contributed by atoms with van der Waals surface area (Å²) in [5, 5.41) is 0. The molecule has 0 saturated carbocycles. The third-order valence-electron chi connectivity index (χ3n) is 14.4. The Morgan fingerprint density at radius 2 is 1.23 bits per heavy atom. The molecule has 0 aliphatic carbocycles. The fraction of sp³-hybridized carbons (Fsp3) is 0.226. The van der Waals surface area contributed by atoms with E-state index in [2.05, 4.69) is 186 Å². The van der Waals surface area contributed by atoms with E-state index in [4.69, 9.17) is 4.74 Å². The number of pyridine rings is 1. The first-order valence-electron chi connectivity index (χ1n) is 25.0. The molecule has 0 bridgehead atoms. The van der Waals surface area contributed by atoms with Gasteiger partial charge in [0.15, 0.2) is 23.0 Å². The fourth-order valence-corrected chi connectivity index (χ4v) is 11.3. The van der Waals surface area contributed by atoms with Gasteiger partial charge in [0.1, 0.15) is 16.8 Å². The van der Waals surface area contributed by atoms with Crippen molar-refractivity contribution in [2.75, 3.05) is 0 Å². The number of hydrogen-bond donors (Lipinski definition) is 0. The molecule has 0 radical (unpaired) electrons. The first-order valence-corrected chi connectivity index (χ1v) is 23.5. The summed E-state index contributed by atoms with van der Waals surface area (Å²) in [4.78, 5) is 0. The van der Waals surface area contributed by atoms with E-state index < -0.39 is 23.5 Å². The first kappa shape index (κ1) is 37.2. The molecule has 3 aliphatic rings. The molecular formula is C62H57N3O+2. The molecule has 1 atom stereocenters. The summed E-state index contributed by atoms with van der Waals surface area (Å²) in [5.74, 6) is -2.25. The van der Waals surface area contributed by atoms with Crippen LogP contribution in [0.4, 0.5) is 0 Å². The van der Waals surface area contributed by atoms with Gasteiger partial charge in [0, 0.05) is 27.4 Å². The highest BCUT2D eigenvalue weighted by Gasteiger charge is 2.69. The van der Waals surface area contributed by atoms with Gasteiger partial charge in [-0.15, -0.1) is 9.13 Å². The summed E-state index contributed by atoms with van der Waals surface area (Å²) in [6.45, 7) is 18.3. The Kier molecular flexibility index (Phi) is 8.31. The Hall–Kier alpha value is -7.04. The van der Waals surface area contributed by atoms with E-state index in [9.17, 15) is 4.11 Å². The summed E-state index contributed by atoms with van der Waals surface area (Å²) in [6, 6.07) is 54.6. The smallest absolute Gasteiger partial charge is 0.392 e. The molecule has 9 aromatic rings. The van der Waals surface area contributed by atoms with Gasteiger partial charge in [0.05, 0.1) is 5.56 Å². The van der Waals surface area contributed by atoms with Crippen LogP contribution in [-0.4, -0.2) is 4.57 Å². The quantitative estimate of drug-likeness (QED) is 0.140. The Bertz CT molecular complexity index is 3630. The zero-order valence-corrected chi connectivity index (χ0v) is 39.3. The fourth-order valence-electron chi connectivity index (χ4n) is 11.3. The molecule has 0 N–H and O–H groups in total. The van der Waals surface area contributed by atoms with Gasteiger partial charge in [0.2, 0.25) is 5.69 Å². The standard InChI is InChI=1S/C62H57N3O/c1-36(2)45-31-50(39(7)8)60-53(32-45)61-64(54-27-26-44(30-40(54)9)57-47(37(3)4)22-16-23-48(57)38(5)6)55-25-17-24-49-51-33-46(42-20-14-11-15-21-42)34-52-56-35-43(41-18-12-10-13-19-41)28-29-63(56)62(66-60,58(51)52)65(61)59(49)55/h10-39H,1-9H3/q+2/i36D,37D,39D. The maximum absolute atomic E-state index is 9.80. The number of ether oxygens (including phenoxy) is 1. The molecule has 324 valence electrons. The van der Waals surface area contributed by atoms with Crippen LogP contribution in [0.2, 0.25) is 0 Å². The molecule has 1 spiro atoms. The summed E-state index contributed by atoms with van der Waals surface area (Å²) in [5.41, 5.74) is 21.0. The molecule has 12 rings (SSSR count). The van der Waals surface area contributed by atoms with Crippen LogP contribution in [0, 0.1) is 6.92 Å². The van der Waals surface area contributed by atoms with Crippen LogP contribution >= 0.6 is 0 Å². The zero-order chi connectivity index (χ0) is 48.1. The van der Waals surface area contributed by atoms with Crippen molar-refractivity contribution in [3.05, 3.63) is 191 Å². The van der Waals surface area contributed by atoms with Crippen molar-refractivity contribution in [3.63, 3.8) is 0 Å². The summed E-state index contributed by atoms with van der Waals surface area (Å²) >= 11 is 0. The summed E-state index contributed by atoms with van der Waals surface area (Å²) in [6.07, 6.45) is 2.20. The van der Waals surface area contributed by atoms with Crippen molar-refractivity contribution >= 4 is 11.0 Å². The second-order valence-corrected chi connectivity index (χ2v) is 19.6. The normalized spacial score (nSPS) is 16.3. The van der Waals surface area contributed by atoms with Crippen LogP contribution in [-0.2, 0) is 5.85 Å². The van der Waals surface area contributed by atoms with Crippen LogP contribution in [0.1, 0.15) is 116 Å². The monoisotopic (exact) mass is 862 g/mol. The highest BCUT2D eigenvalue weighted by molar-refractivity contribution is 5.99. The molecule has 5 heterocycles. The number of aromatic nitrogens is 3. The molecule has 2 aromatic heterocycles. The van der Waals surface area contributed by atoms with E-state index in [1.807, 2.05) is 47.6 Å². The molecule has 0 fully saturated rings. The van der Waals surface area contributed by atoms with Gasteiger partial charge in [-0.1, -0.05) is 152 Å². The maximum atomic E-state index is 9.80. The number of imidazole rings is 1. The molecule has 0 saturated heterocycles. The average molecular weight is 863 g/mol. The van der Waals surface area contributed by atoms with Crippen molar-refractivity contribution in [2.24, 2.45) is 0 Å². The van der Waals surface area contributed by atoms with Gasteiger partial charge < -0.3 is 4.74 Å². The minimum absolute atomic E-state index is 0.266. The SMILES string of the molecule is [2H]C(C)(C)c1cc2c(c(C([2H])(C)C)c1)OC13c4c(cc(-c5ccccc5)cc4-c4cc(-c5ccccc5)cc[n+]41)-c1cccc4c1[n+]3c-2n4-c1ccc(-c2c(C(C)C)cccc2C([2H])(C)C)cc1C. The highest BCUT2D eigenvalue weighted by Crippen LogP contribution is 2.56. The number of benzene rings is 7. The van der Waals surface area contributed by atoms with Crippen LogP contribution in [0.3, 0.4) is 0 Å². The lowest BCUT2D eigenvalue weighted by Crippen LogP contribution is -2.78. The van der Waals surface area contributed by atoms with E-state index in [1.165, 1.54) is 5.56 Å². The van der Waals surface area contributed by atoms with Gasteiger partial charge in [-0.2, -0.15) is 4.57 Å². The van der Waals surface area contributed by atoms with Gasteiger partial charge in [-0.3, -0.25) is 0 Å². The Balaban J connectivity index is 1.24. The second kappa shape index (κ2) is 14.7. The van der Waals surface area contributed by atoms with E-state index in [0.717, 1.165) is 112 Å². The molecule has 4 heteroatoms. The lowest BCUT2D eigenvalue weighted by molar-refractivity contribution is -0.997. The topological polar surface area (TPSA) is 21.9 Å². The van der Waals surface area contributed by atoms with Crippen molar-refractivity contribution < 1.29 is 18.0 Å². The van der Waals surface area contributed by atoms with E-state index in [1.54, 1.807) is 0 Å². The largest absolute Gasteiger partial charge is 0.499 e. The minimum atomic E-state index is -1.23. The summed E-state index contributed by atoms with van der Waals surface area (Å²) < 4.78 is 43.7. The molecule has 7 aromatic carbocycles. The maximum Gasteiger partial charge on any atom is 0.499 e. The lowest BCUT2D eigenvalue weighted by Gasteiger charge is -2.34. The van der Waals surface area contributed by atoms with Crippen LogP contribution < -0.4 is 13.9 Å². The van der Waals surface area contributed by atoms with Crippen LogP contribution in [0.5, 0.6) is 5.75 Å². The predicted octanol–water partition coefficient (Wildman–Crippen LogP) is 15.2. The van der Waals surface area contributed by atoms with Crippen LogP contribution in [0.25, 0.3) is 83.9 Å². The number of hydrogen-bond acceptors (Lipinski definition) is 1. The highest BCUT2D eigenvalue weighted by atomic mass is 16.5. The van der Waals surface area contributed by atoms with E-state index >= 15 is 0 Å². The van der Waals surface area contributed by atoms with Crippen molar-refractivity contribution in [1.29, 1.82) is 0 Å². The van der Waals surface area contributed by atoms with Gasteiger partial charge in [-0.05, 0) is 134 Å². The van der Waals surface area contributed by atoms with Crippen LogP contribution in [0.15, 0.2) is 158 Å². The zero-order valence-electron chi connectivity index (χ0n) is 42.3. The molecule has 0 amide bonds. The second-order valence-electron chi connectivity index (χ2n) is 19.6. The van der Waals surface area contributed by atoms with E-state index in [0.29, 0.717) is 5.75 Å². The van der Waals surface area contributed by atoms with E-state index in [-0.39, 0.29) is 5.92 Å². The van der Waals surface area contributed by atoms with Crippen molar-refractivity contribution in [2.45, 2.75) is 91.8 Å². The Morgan fingerprint density at radius 3 is 1.91 bits per heavy atom. The molecule has 66 heavy (non-hydrogen) atoms. The lowest BCUT2D eigenvalue weighted by atomic mass is 9.84. The Morgan fingerprint density at radius 1 is 0.545 bits per heavy atom. The Labute approximate surface area is 393 Å². The molecule has 4 nitrogen and oxygen atoms in total.